The monoisotopic (exact) mass is 357 g/mol. The van der Waals surface area contributed by atoms with Crippen LogP contribution >= 0.6 is 11.8 Å². The van der Waals surface area contributed by atoms with Gasteiger partial charge in [-0.2, -0.15) is 0 Å². The van der Waals surface area contributed by atoms with Crippen molar-refractivity contribution in [3.05, 3.63) is 65.3 Å². The number of hydrogen-bond acceptors (Lipinski definition) is 3. The van der Waals surface area contributed by atoms with Gasteiger partial charge in [-0.15, -0.1) is 10.2 Å². The molecule has 2 rings (SSSR count). The molecule has 0 unspecified atom stereocenters. The molecular formula is C20H24FN3S. The summed E-state index contributed by atoms with van der Waals surface area (Å²) in [7, 11) is 1.96. The van der Waals surface area contributed by atoms with Crippen molar-refractivity contribution in [3.8, 4) is 0 Å². The minimum atomic E-state index is -0.204. The van der Waals surface area contributed by atoms with Gasteiger partial charge in [0.2, 0.25) is 0 Å². The highest BCUT2D eigenvalue weighted by atomic mass is 32.2. The molecule has 3 nitrogen and oxygen atoms in total. The average molecular weight is 357 g/mol. The maximum absolute atomic E-state index is 13.7. The molecule has 1 aromatic carbocycles. The molecule has 1 aromatic heterocycles. The fourth-order valence-electron chi connectivity index (χ4n) is 2.35. The molecule has 0 fully saturated rings. The van der Waals surface area contributed by atoms with Gasteiger partial charge < -0.3 is 4.57 Å². The first-order valence-corrected chi connectivity index (χ1v) is 9.10. The van der Waals surface area contributed by atoms with Gasteiger partial charge in [-0.1, -0.05) is 48.2 Å². The predicted molar refractivity (Wildman–Crippen MR) is 105 cm³/mol. The Morgan fingerprint density at radius 2 is 2.04 bits per heavy atom. The van der Waals surface area contributed by atoms with Gasteiger partial charge in [-0.25, -0.2) is 4.39 Å². The van der Waals surface area contributed by atoms with Crippen molar-refractivity contribution in [2.45, 2.75) is 32.9 Å². The van der Waals surface area contributed by atoms with Crippen LogP contribution in [-0.2, 0) is 7.05 Å². The Bertz CT molecular complexity index is 843. The van der Waals surface area contributed by atoms with E-state index in [0.29, 0.717) is 11.3 Å². The number of hydrogen-bond donors (Lipinski definition) is 0. The first kappa shape index (κ1) is 19.2. The molecule has 5 heteroatoms. The van der Waals surface area contributed by atoms with Crippen molar-refractivity contribution < 1.29 is 4.39 Å². The summed E-state index contributed by atoms with van der Waals surface area (Å²) in [5.74, 6) is 1.26. The van der Waals surface area contributed by atoms with Crippen molar-refractivity contribution in [1.29, 1.82) is 0 Å². The summed E-state index contributed by atoms with van der Waals surface area (Å²) in [5, 5.41) is 9.43. The highest BCUT2D eigenvalue weighted by molar-refractivity contribution is 7.99. The van der Waals surface area contributed by atoms with Crippen LogP contribution in [0.4, 0.5) is 4.39 Å². The van der Waals surface area contributed by atoms with E-state index >= 15 is 0 Å². The largest absolute Gasteiger partial charge is 0.305 e. The van der Waals surface area contributed by atoms with E-state index in [2.05, 4.69) is 30.6 Å². The minimum Gasteiger partial charge on any atom is -0.305 e. The second-order valence-electron chi connectivity index (χ2n) is 6.14. The number of nitrogens with zero attached hydrogens (tertiary/aromatic N) is 3. The predicted octanol–water partition coefficient (Wildman–Crippen LogP) is 5.44. The molecule has 25 heavy (non-hydrogen) atoms. The standard InChI is InChI=1S/C20H24FN3S/c1-7-8-17(13(2)3)19-22-23-20(24(19)6)25-12-15(5)16-10-9-14(4)18(21)11-16/h7-11H,5,12H2,1-4,6H3/b8-7-. The molecule has 2 aromatic rings. The number of benzene rings is 1. The number of allylic oxidation sites excluding steroid dienone is 4. The summed E-state index contributed by atoms with van der Waals surface area (Å²) >= 11 is 1.55. The molecule has 0 saturated carbocycles. The molecule has 0 N–H and O–H groups in total. The number of halogens is 1. The number of aryl methyl sites for hydroxylation is 1. The Hall–Kier alpha value is -2.14. The Labute approximate surface area is 153 Å². The van der Waals surface area contributed by atoms with E-state index in [4.69, 9.17) is 0 Å². The van der Waals surface area contributed by atoms with Crippen LogP contribution in [0.15, 0.2) is 47.7 Å². The quantitative estimate of drug-likeness (QED) is 0.509. The molecule has 0 aliphatic rings. The molecule has 1 heterocycles. The van der Waals surface area contributed by atoms with Gasteiger partial charge in [-0.05, 0) is 50.5 Å². The molecule has 0 spiro atoms. The number of aromatic nitrogens is 3. The second-order valence-corrected chi connectivity index (χ2v) is 7.08. The normalized spacial score (nSPS) is 11.1. The van der Waals surface area contributed by atoms with E-state index in [-0.39, 0.29) is 5.82 Å². The summed E-state index contributed by atoms with van der Waals surface area (Å²) in [6.07, 6.45) is 4.04. The first-order chi connectivity index (χ1) is 11.8. The van der Waals surface area contributed by atoms with Crippen LogP contribution in [0.2, 0.25) is 0 Å². The van der Waals surface area contributed by atoms with Gasteiger partial charge in [0, 0.05) is 18.4 Å². The molecule has 0 amide bonds. The fraction of sp³-hybridized carbons (Fsp3) is 0.300. The fourth-order valence-corrected chi connectivity index (χ4v) is 3.20. The van der Waals surface area contributed by atoms with Gasteiger partial charge in [0.05, 0.1) is 0 Å². The highest BCUT2D eigenvalue weighted by Crippen LogP contribution is 2.27. The molecule has 0 radical (unpaired) electrons. The molecular weight excluding hydrogens is 333 g/mol. The Kier molecular flexibility index (Phi) is 6.37. The summed E-state index contributed by atoms with van der Waals surface area (Å²) < 4.78 is 15.7. The lowest BCUT2D eigenvalue weighted by atomic mass is 10.1. The van der Waals surface area contributed by atoms with Crippen molar-refractivity contribution in [1.82, 2.24) is 14.8 Å². The van der Waals surface area contributed by atoms with Gasteiger partial charge in [0.15, 0.2) is 11.0 Å². The summed E-state index contributed by atoms with van der Waals surface area (Å²) in [5.41, 5.74) is 4.58. The van der Waals surface area contributed by atoms with Crippen LogP contribution in [-0.4, -0.2) is 20.5 Å². The first-order valence-electron chi connectivity index (χ1n) is 8.12. The van der Waals surface area contributed by atoms with E-state index in [1.807, 2.05) is 36.8 Å². The Morgan fingerprint density at radius 1 is 1.32 bits per heavy atom. The van der Waals surface area contributed by atoms with Crippen molar-refractivity contribution in [3.63, 3.8) is 0 Å². The average Bonchev–Trinajstić information content (AvgIpc) is 2.93. The van der Waals surface area contributed by atoms with Gasteiger partial charge in [0.25, 0.3) is 0 Å². The third-order valence-corrected chi connectivity index (χ3v) is 5.01. The SMILES string of the molecule is C=C(CSc1nnc(C(/C=C\C)=C(C)C)n1C)c1ccc(C)c(F)c1. The van der Waals surface area contributed by atoms with Crippen molar-refractivity contribution in [2.75, 3.05) is 5.75 Å². The smallest absolute Gasteiger partial charge is 0.191 e. The zero-order valence-corrected chi connectivity index (χ0v) is 16.2. The second kappa shape index (κ2) is 8.30. The Balaban J connectivity index is 2.15. The lowest BCUT2D eigenvalue weighted by Gasteiger charge is -2.08. The van der Waals surface area contributed by atoms with Crippen LogP contribution in [0.5, 0.6) is 0 Å². The van der Waals surface area contributed by atoms with Crippen LogP contribution in [0.3, 0.4) is 0 Å². The summed E-state index contributed by atoms with van der Waals surface area (Å²) in [6, 6.07) is 5.21. The topological polar surface area (TPSA) is 30.7 Å². The molecule has 132 valence electrons. The number of thioether (sulfide) groups is 1. The van der Waals surface area contributed by atoms with Crippen LogP contribution < -0.4 is 0 Å². The van der Waals surface area contributed by atoms with Crippen molar-refractivity contribution in [2.24, 2.45) is 7.05 Å². The maximum Gasteiger partial charge on any atom is 0.191 e. The van der Waals surface area contributed by atoms with Gasteiger partial charge >= 0.3 is 0 Å². The highest BCUT2D eigenvalue weighted by Gasteiger charge is 2.13. The maximum atomic E-state index is 13.7. The van der Waals surface area contributed by atoms with Gasteiger partial charge in [-0.3, -0.25) is 0 Å². The number of rotatable bonds is 6. The molecule has 0 aliphatic carbocycles. The zero-order chi connectivity index (χ0) is 18.6. The van der Waals surface area contributed by atoms with E-state index in [1.165, 1.54) is 11.6 Å². The third kappa shape index (κ3) is 4.48. The summed E-state index contributed by atoms with van der Waals surface area (Å²) in [6.45, 7) is 11.9. The zero-order valence-electron chi connectivity index (χ0n) is 15.4. The summed E-state index contributed by atoms with van der Waals surface area (Å²) in [4.78, 5) is 0. The van der Waals surface area contributed by atoms with E-state index < -0.39 is 0 Å². The third-order valence-electron chi connectivity index (χ3n) is 3.90. The van der Waals surface area contributed by atoms with E-state index in [0.717, 1.165) is 27.7 Å². The van der Waals surface area contributed by atoms with Gasteiger partial charge in [0.1, 0.15) is 5.82 Å². The molecule has 0 atom stereocenters. The lowest BCUT2D eigenvalue weighted by molar-refractivity contribution is 0.618. The molecule has 0 aliphatic heterocycles. The lowest BCUT2D eigenvalue weighted by Crippen LogP contribution is -1.99. The van der Waals surface area contributed by atoms with E-state index in [9.17, 15) is 4.39 Å². The molecule has 0 saturated heterocycles. The van der Waals surface area contributed by atoms with Crippen LogP contribution in [0.1, 0.15) is 37.7 Å². The minimum absolute atomic E-state index is 0.204. The van der Waals surface area contributed by atoms with Crippen LogP contribution in [0.25, 0.3) is 11.1 Å². The molecule has 0 bridgehead atoms. The van der Waals surface area contributed by atoms with E-state index in [1.54, 1.807) is 24.8 Å². The van der Waals surface area contributed by atoms with Crippen molar-refractivity contribution >= 4 is 22.9 Å². The Morgan fingerprint density at radius 3 is 2.64 bits per heavy atom. The van der Waals surface area contributed by atoms with Crippen LogP contribution in [0, 0.1) is 12.7 Å².